The Morgan fingerprint density at radius 3 is 2.50 bits per heavy atom. The van der Waals surface area contributed by atoms with Crippen LogP contribution in [0.25, 0.3) is 0 Å². The SMILES string of the molecule is CCOC(=O)C1(c2ccc(Cl)cc2)CC(OC)C1. The van der Waals surface area contributed by atoms with Crippen LogP contribution in [0.3, 0.4) is 0 Å². The van der Waals surface area contributed by atoms with Crippen LogP contribution in [0.2, 0.25) is 5.02 Å². The zero-order valence-corrected chi connectivity index (χ0v) is 11.4. The number of rotatable bonds is 4. The van der Waals surface area contributed by atoms with Crippen LogP contribution in [-0.2, 0) is 19.7 Å². The van der Waals surface area contributed by atoms with Crippen LogP contribution in [0, 0.1) is 0 Å². The van der Waals surface area contributed by atoms with Gasteiger partial charge in [-0.05, 0) is 37.5 Å². The van der Waals surface area contributed by atoms with Gasteiger partial charge in [-0.2, -0.15) is 0 Å². The quantitative estimate of drug-likeness (QED) is 0.788. The maximum absolute atomic E-state index is 12.2. The highest BCUT2D eigenvalue weighted by Gasteiger charge is 2.52. The highest BCUT2D eigenvalue weighted by Crippen LogP contribution is 2.46. The highest BCUT2D eigenvalue weighted by atomic mass is 35.5. The number of ether oxygens (including phenoxy) is 2. The first kappa shape index (κ1) is 13.4. The lowest BCUT2D eigenvalue weighted by atomic mass is 9.62. The molecule has 18 heavy (non-hydrogen) atoms. The summed E-state index contributed by atoms with van der Waals surface area (Å²) in [5.74, 6) is -0.166. The summed E-state index contributed by atoms with van der Waals surface area (Å²) in [4.78, 5) is 12.2. The minimum absolute atomic E-state index is 0.130. The van der Waals surface area contributed by atoms with Gasteiger partial charge in [0.05, 0.1) is 18.1 Å². The average Bonchev–Trinajstić information content (AvgIpc) is 2.31. The number of carbonyl (C=O) groups excluding carboxylic acids is 1. The van der Waals surface area contributed by atoms with E-state index in [1.807, 2.05) is 19.1 Å². The molecule has 0 unspecified atom stereocenters. The first-order valence-electron chi connectivity index (χ1n) is 6.08. The van der Waals surface area contributed by atoms with Gasteiger partial charge >= 0.3 is 5.97 Å². The van der Waals surface area contributed by atoms with Crippen LogP contribution in [0.15, 0.2) is 24.3 Å². The van der Waals surface area contributed by atoms with Gasteiger partial charge in [0.15, 0.2) is 0 Å². The normalized spacial score (nSPS) is 26.5. The lowest BCUT2D eigenvalue weighted by molar-refractivity contribution is -0.160. The molecular formula is C14H17ClO3. The van der Waals surface area contributed by atoms with E-state index in [2.05, 4.69) is 0 Å². The number of hydrogen-bond donors (Lipinski definition) is 0. The predicted octanol–water partition coefficient (Wildman–Crippen LogP) is 2.95. The van der Waals surface area contributed by atoms with E-state index in [0.29, 0.717) is 24.5 Å². The molecule has 3 nitrogen and oxygen atoms in total. The molecule has 0 aliphatic heterocycles. The van der Waals surface area contributed by atoms with Crippen molar-refractivity contribution in [3.63, 3.8) is 0 Å². The first-order valence-corrected chi connectivity index (χ1v) is 6.46. The van der Waals surface area contributed by atoms with Gasteiger partial charge in [0.1, 0.15) is 0 Å². The largest absolute Gasteiger partial charge is 0.465 e. The van der Waals surface area contributed by atoms with E-state index < -0.39 is 5.41 Å². The second-order valence-corrected chi connectivity index (χ2v) is 5.01. The first-order chi connectivity index (χ1) is 8.62. The van der Waals surface area contributed by atoms with E-state index >= 15 is 0 Å². The van der Waals surface area contributed by atoms with Gasteiger partial charge in [-0.25, -0.2) is 0 Å². The molecule has 98 valence electrons. The molecule has 1 fully saturated rings. The van der Waals surface area contributed by atoms with Crippen LogP contribution >= 0.6 is 11.6 Å². The van der Waals surface area contributed by atoms with Crippen LogP contribution in [0.1, 0.15) is 25.3 Å². The summed E-state index contributed by atoms with van der Waals surface area (Å²) in [6.07, 6.45) is 1.47. The molecule has 2 rings (SSSR count). The van der Waals surface area contributed by atoms with Gasteiger partial charge in [-0.1, -0.05) is 23.7 Å². The van der Waals surface area contributed by atoms with E-state index in [1.54, 1.807) is 19.2 Å². The third kappa shape index (κ3) is 2.25. The molecule has 0 heterocycles. The summed E-state index contributed by atoms with van der Waals surface area (Å²) >= 11 is 5.88. The second kappa shape index (κ2) is 5.29. The zero-order valence-electron chi connectivity index (χ0n) is 10.6. The Morgan fingerprint density at radius 1 is 1.39 bits per heavy atom. The number of methoxy groups -OCH3 is 1. The summed E-state index contributed by atoms with van der Waals surface area (Å²) in [5.41, 5.74) is 0.403. The van der Waals surface area contributed by atoms with Crippen LogP contribution in [0.4, 0.5) is 0 Å². The highest BCUT2D eigenvalue weighted by molar-refractivity contribution is 6.30. The molecule has 1 saturated carbocycles. The van der Waals surface area contributed by atoms with Gasteiger partial charge in [-0.3, -0.25) is 4.79 Å². The van der Waals surface area contributed by atoms with Crippen molar-refractivity contribution in [2.45, 2.75) is 31.3 Å². The molecule has 1 aliphatic carbocycles. The maximum atomic E-state index is 12.2. The van der Waals surface area contributed by atoms with Crippen molar-refractivity contribution in [3.05, 3.63) is 34.9 Å². The van der Waals surface area contributed by atoms with Crippen LogP contribution in [0.5, 0.6) is 0 Å². The Bertz CT molecular complexity index is 421. The Labute approximate surface area is 112 Å². The Hall–Kier alpha value is -1.06. The third-order valence-corrected chi connectivity index (χ3v) is 3.80. The minimum atomic E-state index is -0.554. The fraction of sp³-hybridized carbons (Fsp3) is 0.500. The fourth-order valence-electron chi connectivity index (χ4n) is 2.44. The molecule has 0 radical (unpaired) electrons. The standard InChI is InChI=1S/C14H17ClO3/c1-3-18-13(16)14(8-12(9-14)17-2)10-4-6-11(15)7-5-10/h4-7,12H,3,8-9H2,1-2H3. The summed E-state index contributed by atoms with van der Waals surface area (Å²) in [6.45, 7) is 2.21. The van der Waals surface area contributed by atoms with E-state index in [-0.39, 0.29) is 12.1 Å². The number of halogens is 1. The van der Waals surface area contributed by atoms with E-state index in [9.17, 15) is 4.79 Å². The number of carbonyl (C=O) groups is 1. The molecule has 1 aliphatic rings. The molecule has 0 aromatic heterocycles. The molecule has 1 aromatic carbocycles. The molecule has 0 N–H and O–H groups in total. The molecule has 0 spiro atoms. The van der Waals surface area contributed by atoms with Gasteiger partial charge in [0.2, 0.25) is 0 Å². The maximum Gasteiger partial charge on any atom is 0.316 e. The van der Waals surface area contributed by atoms with Crippen molar-refractivity contribution in [2.24, 2.45) is 0 Å². The Kier molecular flexibility index (Phi) is 3.93. The molecule has 0 atom stereocenters. The van der Waals surface area contributed by atoms with Crippen molar-refractivity contribution < 1.29 is 14.3 Å². The molecular weight excluding hydrogens is 252 g/mol. The smallest absolute Gasteiger partial charge is 0.316 e. The van der Waals surface area contributed by atoms with Crippen molar-refractivity contribution >= 4 is 17.6 Å². The minimum Gasteiger partial charge on any atom is -0.465 e. The summed E-state index contributed by atoms with van der Waals surface area (Å²) < 4.78 is 10.5. The van der Waals surface area contributed by atoms with E-state index in [4.69, 9.17) is 21.1 Å². The van der Waals surface area contributed by atoms with Crippen LogP contribution < -0.4 is 0 Å². The van der Waals surface area contributed by atoms with Crippen LogP contribution in [-0.4, -0.2) is 25.8 Å². The topological polar surface area (TPSA) is 35.5 Å². The van der Waals surface area contributed by atoms with Gasteiger partial charge in [0.25, 0.3) is 0 Å². The Balaban J connectivity index is 2.26. The summed E-state index contributed by atoms with van der Waals surface area (Å²) in [5, 5.41) is 0.667. The van der Waals surface area contributed by atoms with E-state index in [1.165, 1.54) is 0 Å². The van der Waals surface area contributed by atoms with Crippen molar-refractivity contribution in [2.75, 3.05) is 13.7 Å². The summed E-state index contributed by atoms with van der Waals surface area (Å²) in [6, 6.07) is 7.40. The molecule has 0 saturated heterocycles. The molecule has 0 bridgehead atoms. The van der Waals surface area contributed by atoms with Crippen molar-refractivity contribution in [1.29, 1.82) is 0 Å². The predicted molar refractivity (Wildman–Crippen MR) is 69.8 cm³/mol. The van der Waals surface area contributed by atoms with Gasteiger partial charge < -0.3 is 9.47 Å². The number of benzene rings is 1. The number of hydrogen-bond acceptors (Lipinski definition) is 3. The number of esters is 1. The lowest BCUT2D eigenvalue weighted by Gasteiger charge is -2.44. The third-order valence-electron chi connectivity index (χ3n) is 3.55. The Morgan fingerprint density at radius 2 is 2.00 bits per heavy atom. The fourth-order valence-corrected chi connectivity index (χ4v) is 2.57. The summed E-state index contributed by atoms with van der Waals surface area (Å²) in [7, 11) is 1.67. The second-order valence-electron chi connectivity index (χ2n) is 4.58. The lowest BCUT2D eigenvalue weighted by Crippen LogP contribution is -2.52. The monoisotopic (exact) mass is 268 g/mol. The van der Waals surface area contributed by atoms with Gasteiger partial charge in [0, 0.05) is 12.1 Å². The molecule has 4 heteroatoms. The van der Waals surface area contributed by atoms with Gasteiger partial charge in [-0.15, -0.1) is 0 Å². The van der Waals surface area contributed by atoms with E-state index in [0.717, 1.165) is 5.56 Å². The van der Waals surface area contributed by atoms with Crippen molar-refractivity contribution in [3.8, 4) is 0 Å². The average molecular weight is 269 g/mol. The van der Waals surface area contributed by atoms with Crippen molar-refractivity contribution in [1.82, 2.24) is 0 Å². The molecule has 1 aromatic rings. The molecule has 0 amide bonds. The zero-order chi connectivity index (χ0) is 13.2.